The number of hydrogen-bond donors (Lipinski definition) is 1. The number of aromatic nitrogens is 1. The maximum Gasteiger partial charge on any atom is 0.309 e. The van der Waals surface area contributed by atoms with Crippen molar-refractivity contribution in [2.45, 2.75) is 26.3 Å². The minimum Gasteiger partial charge on any atom is -0.503 e. The Labute approximate surface area is 230 Å². The second kappa shape index (κ2) is 10.7. The molecule has 0 saturated carbocycles. The van der Waals surface area contributed by atoms with Crippen molar-refractivity contribution in [3.63, 3.8) is 0 Å². The van der Waals surface area contributed by atoms with E-state index in [1.807, 2.05) is 61.5 Å². The van der Waals surface area contributed by atoms with Gasteiger partial charge in [-0.1, -0.05) is 66.7 Å². The molecule has 39 heavy (non-hydrogen) atoms. The van der Waals surface area contributed by atoms with Gasteiger partial charge < -0.3 is 9.84 Å². The van der Waals surface area contributed by atoms with E-state index >= 15 is 0 Å². The van der Waals surface area contributed by atoms with E-state index in [4.69, 9.17) is 4.74 Å². The van der Waals surface area contributed by atoms with Gasteiger partial charge in [0.1, 0.15) is 5.01 Å². The summed E-state index contributed by atoms with van der Waals surface area (Å²) in [7, 11) is 1.33. The standard InChI is InChI=1S/C31H26N2O5S/c1-18-9-7-8-12-23(18)26-25(27(35)29-19(2)32-30(39-29)21-10-5-4-6-11-21)28(36)31(37)33(26)22-15-13-20(14-16-22)17-24(34)38-3/h4-16,26,36H,17H2,1-3H3. The summed E-state index contributed by atoms with van der Waals surface area (Å²) in [4.78, 5) is 45.7. The molecule has 2 heterocycles. The first-order valence-electron chi connectivity index (χ1n) is 12.4. The fourth-order valence-electron chi connectivity index (χ4n) is 4.74. The molecule has 5 rings (SSSR count). The van der Waals surface area contributed by atoms with Crippen LogP contribution in [0.25, 0.3) is 10.6 Å². The number of aliphatic hydroxyl groups excluding tert-OH is 1. The Kier molecular flexibility index (Phi) is 7.13. The molecule has 196 valence electrons. The summed E-state index contributed by atoms with van der Waals surface area (Å²) in [6.07, 6.45) is 0.0909. The molecule has 0 fully saturated rings. The summed E-state index contributed by atoms with van der Waals surface area (Å²) in [6, 6.07) is 23.0. The van der Waals surface area contributed by atoms with Crippen LogP contribution in [0.4, 0.5) is 5.69 Å². The molecule has 0 saturated heterocycles. The number of esters is 1. The summed E-state index contributed by atoms with van der Waals surface area (Å²) in [5.74, 6) is -2.06. The Morgan fingerprint density at radius 3 is 2.31 bits per heavy atom. The number of amides is 1. The van der Waals surface area contributed by atoms with E-state index in [0.717, 1.165) is 16.7 Å². The summed E-state index contributed by atoms with van der Waals surface area (Å²) < 4.78 is 4.74. The molecule has 0 spiro atoms. The molecule has 0 aliphatic carbocycles. The number of thiazole rings is 1. The fourth-order valence-corrected chi connectivity index (χ4v) is 5.76. The number of hydrogen-bond acceptors (Lipinski definition) is 7. The Bertz CT molecular complexity index is 1610. The summed E-state index contributed by atoms with van der Waals surface area (Å²) in [5, 5.41) is 11.8. The monoisotopic (exact) mass is 538 g/mol. The van der Waals surface area contributed by atoms with Gasteiger partial charge in [-0.15, -0.1) is 11.3 Å². The van der Waals surface area contributed by atoms with E-state index in [2.05, 4.69) is 4.98 Å². The van der Waals surface area contributed by atoms with Crippen LogP contribution >= 0.6 is 11.3 Å². The molecule has 1 amide bonds. The topological polar surface area (TPSA) is 96.8 Å². The van der Waals surface area contributed by atoms with E-state index in [9.17, 15) is 19.5 Å². The Balaban J connectivity index is 1.59. The molecule has 1 N–H and O–H groups in total. The van der Waals surface area contributed by atoms with Crippen LogP contribution < -0.4 is 4.90 Å². The number of methoxy groups -OCH3 is 1. The molecule has 1 aliphatic rings. The van der Waals surface area contributed by atoms with Crippen molar-refractivity contribution in [1.82, 2.24) is 4.98 Å². The van der Waals surface area contributed by atoms with Crippen molar-refractivity contribution in [2.75, 3.05) is 12.0 Å². The van der Waals surface area contributed by atoms with Crippen LogP contribution in [0.2, 0.25) is 0 Å². The van der Waals surface area contributed by atoms with Crippen molar-refractivity contribution in [2.24, 2.45) is 0 Å². The number of anilines is 1. The lowest BCUT2D eigenvalue weighted by Gasteiger charge is -2.28. The summed E-state index contributed by atoms with van der Waals surface area (Å²) in [6.45, 7) is 3.66. The van der Waals surface area contributed by atoms with Crippen LogP contribution in [0.1, 0.15) is 38.1 Å². The van der Waals surface area contributed by atoms with Gasteiger partial charge in [-0.3, -0.25) is 19.3 Å². The smallest absolute Gasteiger partial charge is 0.309 e. The van der Waals surface area contributed by atoms with E-state index in [1.165, 1.54) is 23.3 Å². The Morgan fingerprint density at radius 2 is 1.64 bits per heavy atom. The zero-order valence-corrected chi connectivity index (χ0v) is 22.5. The maximum absolute atomic E-state index is 14.1. The number of Topliss-reactive ketones (excluding diaryl/α,β-unsaturated/α-hetero) is 1. The average Bonchev–Trinajstić information content (AvgIpc) is 3.46. The molecule has 1 atom stereocenters. The minimum atomic E-state index is -0.848. The Morgan fingerprint density at radius 1 is 0.974 bits per heavy atom. The number of aryl methyl sites for hydroxylation is 2. The third kappa shape index (κ3) is 4.86. The normalized spacial score (nSPS) is 15.1. The van der Waals surface area contributed by atoms with Crippen LogP contribution in [0.3, 0.4) is 0 Å². The van der Waals surface area contributed by atoms with Gasteiger partial charge in [-0.25, -0.2) is 4.98 Å². The van der Waals surface area contributed by atoms with Crippen molar-refractivity contribution >= 4 is 34.7 Å². The van der Waals surface area contributed by atoms with Gasteiger partial charge in [0.2, 0.25) is 5.78 Å². The highest BCUT2D eigenvalue weighted by Crippen LogP contribution is 2.44. The quantitative estimate of drug-likeness (QED) is 0.232. The lowest BCUT2D eigenvalue weighted by molar-refractivity contribution is -0.139. The maximum atomic E-state index is 14.1. The van der Waals surface area contributed by atoms with Crippen LogP contribution in [-0.4, -0.2) is 34.9 Å². The van der Waals surface area contributed by atoms with Crippen LogP contribution in [-0.2, 0) is 20.7 Å². The Hall–Kier alpha value is -4.56. The predicted molar refractivity (Wildman–Crippen MR) is 150 cm³/mol. The number of benzene rings is 3. The van der Waals surface area contributed by atoms with Crippen molar-refractivity contribution < 1.29 is 24.2 Å². The molecule has 7 nitrogen and oxygen atoms in total. The summed E-state index contributed by atoms with van der Waals surface area (Å²) in [5.41, 5.74) is 4.23. The van der Waals surface area contributed by atoms with Gasteiger partial charge in [0.15, 0.2) is 5.76 Å². The highest BCUT2D eigenvalue weighted by atomic mass is 32.1. The lowest BCUT2D eigenvalue weighted by atomic mass is 9.92. The number of ether oxygens (including phenoxy) is 1. The fraction of sp³-hybridized carbons (Fsp3) is 0.161. The molecule has 8 heteroatoms. The zero-order chi connectivity index (χ0) is 27.7. The van der Waals surface area contributed by atoms with Gasteiger partial charge in [-0.2, -0.15) is 0 Å². The van der Waals surface area contributed by atoms with E-state index in [-0.39, 0.29) is 18.0 Å². The van der Waals surface area contributed by atoms with Gasteiger partial charge in [-0.05, 0) is 42.7 Å². The molecule has 1 unspecified atom stereocenters. The number of aliphatic hydroxyl groups is 1. The summed E-state index contributed by atoms with van der Waals surface area (Å²) >= 11 is 1.24. The number of nitrogens with zero attached hydrogens (tertiary/aromatic N) is 2. The van der Waals surface area contributed by atoms with Gasteiger partial charge >= 0.3 is 5.97 Å². The minimum absolute atomic E-state index is 0.0132. The highest BCUT2D eigenvalue weighted by Gasteiger charge is 2.45. The van der Waals surface area contributed by atoms with Crippen molar-refractivity contribution in [3.8, 4) is 10.6 Å². The van der Waals surface area contributed by atoms with Gasteiger partial charge in [0.25, 0.3) is 5.91 Å². The van der Waals surface area contributed by atoms with Crippen LogP contribution in [0, 0.1) is 13.8 Å². The lowest BCUT2D eigenvalue weighted by Crippen LogP contribution is -2.31. The number of carbonyl (C=O) groups excluding carboxylic acids is 3. The second-order valence-corrected chi connectivity index (χ2v) is 10.2. The van der Waals surface area contributed by atoms with Crippen LogP contribution in [0.5, 0.6) is 0 Å². The molecule has 4 aromatic rings. The zero-order valence-electron chi connectivity index (χ0n) is 21.7. The number of ketones is 1. The first-order valence-corrected chi connectivity index (χ1v) is 13.2. The third-order valence-electron chi connectivity index (χ3n) is 6.75. The van der Waals surface area contributed by atoms with Gasteiger partial charge in [0, 0.05) is 11.3 Å². The van der Waals surface area contributed by atoms with Crippen molar-refractivity contribution in [3.05, 3.63) is 117 Å². The SMILES string of the molecule is COC(=O)Cc1ccc(N2C(=O)C(O)=C(C(=O)c3sc(-c4ccccc4)nc3C)C2c2ccccc2C)cc1. The average molecular weight is 539 g/mol. The van der Waals surface area contributed by atoms with Gasteiger partial charge in [0.05, 0.1) is 35.7 Å². The van der Waals surface area contributed by atoms with E-state index in [1.54, 1.807) is 31.2 Å². The molecule has 3 aromatic carbocycles. The molecular formula is C31H26N2O5S. The van der Waals surface area contributed by atoms with E-state index < -0.39 is 23.5 Å². The molecule has 1 aliphatic heterocycles. The van der Waals surface area contributed by atoms with Crippen molar-refractivity contribution in [1.29, 1.82) is 0 Å². The predicted octanol–water partition coefficient (Wildman–Crippen LogP) is 5.93. The van der Waals surface area contributed by atoms with E-state index in [0.29, 0.717) is 26.8 Å². The number of rotatable bonds is 7. The van der Waals surface area contributed by atoms with Crippen LogP contribution in [0.15, 0.2) is 90.2 Å². The number of carbonyl (C=O) groups is 3. The molecule has 0 bridgehead atoms. The third-order valence-corrected chi connectivity index (χ3v) is 7.96. The highest BCUT2D eigenvalue weighted by molar-refractivity contribution is 7.17. The first kappa shape index (κ1) is 26.1. The second-order valence-electron chi connectivity index (χ2n) is 9.24. The molecular weight excluding hydrogens is 512 g/mol. The molecule has 1 aromatic heterocycles. The largest absolute Gasteiger partial charge is 0.503 e. The molecule has 0 radical (unpaired) electrons. The first-order chi connectivity index (χ1) is 18.8.